The van der Waals surface area contributed by atoms with Gasteiger partial charge in [0.15, 0.2) is 0 Å². The molecular weight excluding hydrogens is 250 g/mol. The summed E-state index contributed by atoms with van der Waals surface area (Å²) in [4.78, 5) is 4.39. The maximum absolute atomic E-state index is 8.93. The Bertz CT molecular complexity index is 632. The number of hydrogen-bond donors (Lipinski definition) is 1. The molecule has 0 saturated heterocycles. The van der Waals surface area contributed by atoms with Gasteiger partial charge in [0.05, 0.1) is 11.6 Å². The third-order valence-corrected chi connectivity index (χ3v) is 2.81. The van der Waals surface area contributed by atoms with Gasteiger partial charge in [-0.3, -0.25) is 0 Å². The van der Waals surface area contributed by atoms with Crippen molar-refractivity contribution in [1.82, 2.24) is 4.98 Å². The molecule has 0 atom stereocenters. The summed E-state index contributed by atoms with van der Waals surface area (Å²) in [6, 6.07) is 13.1. The highest BCUT2D eigenvalue weighted by Gasteiger charge is 2.05. The SMILES string of the molecule is CCCNc1cccc(Oc2cc(C#N)ccc2C)n1. The number of nitrogens with zero attached hydrogens (tertiary/aromatic N) is 2. The first-order valence-corrected chi connectivity index (χ1v) is 6.62. The highest BCUT2D eigenvalue weighted by Crippen LogP contribution is 2.25. The molecule has 0 amide bonds. The third-order valence-electron chi connectivity index (χ3n) is 2.81. The Morgan fingerprint density at radius 1 is 1.30 bits per heavy atom. The average molecular weight is 267 g/mol. The number of nitriles is 1. The Morgan fingerprint density at radius 3 is 2.90 bits per heavy atom. The number of hydrogen-bond acceptors (Lipinski definition) is 4. The van der Waals surface area contributed by atoms with Crippen LogP contribution >= 0.6 is 0 Å². The number of anilines is 1. The smallest absolute Gasteiger partial charge is 0.221 e. The molecular formula is C16H17N3O. The van der Waals surface area contributed by atoms with E-state index in [1.54, 1.807) is 18.2 Å². The van der Waals surface area contributed by atoms with Gasteiger partial charge in [-0.1, -0.05) is 19.1 Å². The van der Waals surface area contributed by atoms with Crippen LogP contribution in [0.15, 0.2) is 36.4 Å². The summed E-state index contributed by atoms with van der Waals surface area (Å²) in [5.41, 5.74) is 1.54. The molecule has 0 bridgehead atoms. The second-order valence-corrected chi connectivity index (χ2v) is 4.48. The average Bonchev–Trinajstić information content (AvgIpc) is 2.48. The van der Waals surface area contributed by atoms with E-state index >= 15 is 0 Å². The highest BCUT2D eigenvalue weighted by atomic mass is 16.5. The first-order valence-electron chi connectivity index (χ1n) is 6.62. The normalized spacial score (nSPS) is 9.85. The van der Waals surface area contributed by atoms with Crippen LogP contribution in [0, 0.1) is 18.3 Å². The molecule has 0 saturated carbocycles. The number of benzene rings is 1. The zero-order chi connectivity index (χ0) is 14.4. The molecule has 4 nitrogen and oxygen atoms in total. The summed E-state index contributed by atoms with van der Waals surface area (Å²) in [6.45, 7) is 4.92. The second kappa shape index (κ2) is 6.58. The molecule has 1 N–H and O–H groups in total. The standard InChI is InChI=1S/C16H17N3O/c1-3-9-18-15-5-4-6-16(19-15)20-14-10-13(11-17)8-7-12(14)2/h4-8,10H,3,9H2,1-2H3,(H,18,19). The first-order chi connectivity index (χ1) is 9.72. The molecule has 20 heavy (non-hydrogen) atoms. The van der Waals surface area contributed by atoms with E-state index in [-0.39, 0.29) is 0 Å². The summed E-state index contributed by atoms with van der Waals surface area (Å²) < 4.78 is 5.77. The quantitative estimate of drug-likeness (QED) is 0.893. The number of aryl methyl sites for hydroxylation is 1. The van der Waals surface area contributed by atoms with Gasteiger partial charge in [-0.25, -0.2) is 0 Å². The monoisotopic (exact) mass is 267 g/mol. The molecule has 0 spiro atoms. The molecule has 4 heteroatoms. The predicted octanol–water partition coefficient (Wildman–Crippen LogP) is 3.88. The van der Waals surface area contributed by atoms with Crippen LogP contribution in [0.1, 0.15) is 24.5 Å². The molecule has 102 valence electrons. The maximum atomic E-state index is 8.93. The fourth-order valence-corrected chi connectivity index (χ4v) is 1.72. The van der Waals surface area contributed by atoms with Gasteiger partial charge >= 0.3 is 0 Å². The van der Waals surface area contributed by atoms with Gasteiger partial charge in [-0.15, -0.1) is 0 Å². The van der Waals surface area contributed by atoms with E-state index in [1.807, 2.05) is 25.1 Å². The fraction of sp³-hybridized carbons (Fsp3) is 0.250. The molecule has 2 rings (SSSR count). The lowest BCUT2D eigenvalue weighted by Crippen LogP contribution is -2.02. The molecule has 0 aliphatic carbocycles. The minimum absolute atomic E-state index is 0.518. The Hall–Kier alpha value is -2.54. The second-order valence-electron chi connectivity index (χ2n) is 4.48. The summed E-state index contributed by atoms with van der Waals surface area (Å²) in [5.74, 6) is 1.96. The van der Waals surface area contributed by atoms with Crippen molar-refractivity contribution >= 4 is 5.82 Å². The predicted molar refractivity (Wildman–Crippen MR) is 79.0 cm³/mol. The molecule has 2 aromatic rings. The maximum Gasteiger partial charge on any atom is 0.221 e. The lowest BCUT2D eigenvalue weighted by atomic mass is 10.1. The van der Waals surface area contributed by atoms with Crippen LogP contribution in [0.2, 0.25) is 0 Å². The lowest BCUT2D eigenvalue weighted by Gasteiger charge is -2.10. The van der Waals surface area contributed by atoms with Crippen molar-refractivity contribution in [3.63, 3.8) is 0 Å². The third kappa shape index (κ3) is 3.48. The van der Waals surface area contributed by atoms with Crippen LogP contribution < -0.4 is 10.1 Å². The zero-order valence-electron chi connectivity index (χ0n) is 11.7. The molecule has 0 fully saturated rings. The van der Waals surface area contributed by atoms with Gasteiger partial charge in [0.2, 0.25) is 5.88 Å². The zero-order valence-corrected chi connectivity index (χ0v) is 11.7. The van der Waals surface area contributed by atoms with Crippen molar-refractivity contribution < 1.29 is 4.74 Å². The number of rotatable bonds is 5. The summed E-state index contributed by atoms with van der Waals surface area (Å²) in [5, 5.41) is 12.1. The largest absolute Gasteiger partial charge is 0.439 e. The van der Waals surface area contributed by atoms with Gasteiger partial charge in [0.1, 0.15) is 11.6 Å². The van der Waals surface area contributed by atoms with E-state index < -0.39 is 0 Å². The van der Waals surface area contributed by atoms with Gasteiger partial charge < -0.3 is 10.1 Å². The van der Waals surface area contributed by atoms with E-state index in [1.165, 1.54) is 0 Å². The summed E-state index contributed by atoms with van der Waals surface area (Å²) >= 11 is 0. The Labute approximate surface area is 119 Å². The fourth-order valence-electron chi connectivity index (χ4n) is 1.72. The summed E-state index contributed by atoms with van der Waals surface area (Å²) in [7, 11) is 0. The number of aromatic nitrogens is 1. The molecule has 1 aromatic heterocycles. The van der Waals surface area contributed by atoms with Gasteiger partial charge in [-0.2, -0.15) is 10.2 Å². The van der Waals surface area contributed by atoms with Crippen LogP contribution in [-0.2, 0) is 0 Å². The molecule has 0 aliphatic rings. The van der Waals surface area contributed by atoms with E-state index in [2.05, 4.69) is 23.3 Å². The number of pyridine rings is 1. The van der Waals surface area contributed by atoms with Crippen LogP contribution in [0.4, 0.5) is 5.82 Å². The lowest BCUT2D eigenvalue weighted by molar-refractivity contribution is 0.460. The minimum Gasteiger partial charge on any atom is -0.439 e. The molecule has 0 unspecified atom stereocenters. The van der Waals surface area contributed by atoms with Gasteiger partial charge in [0.25, 0.3) is 0 Å². The minimum atomic E-state index is 0.518. The van der Waals surface area contributed by atoms with E-state index in [0.717, 1.165) is 24.3 Å². The van der Waals surface area contributed by atoms with Crippen LogP contribution in [-0.4, -0.2) is 11.5 Å². The van der Waals surface area contributed by atoms with E-state index in [9.17, 15) is 0 Å². The van der Waals surface area contributed by atoms with Crippen LogP contribution in [0.5, 0.6) is 11.6 Å². The van der Waals surface area contributed by atoms with Gasteiger partial charge in [-0.05, 0) is 37.1 Å². The van der Waals surface area contributed by atoms with Gasteiger partial charge in [0, 0.05) is 12.6 Å². The number of ether oxygens (including phenoxy) is 1. The van der Waals surface area contributed by atoms with E-state index in [4.69, 9.17) is 10.00 Å². The Balaban J connectivity index is 2.19. The van der Waals surface area contributed by atoms with Crippen molar-refractivity contribution in [2.75, 3.05) is 11.9 Å². The summed E-state index contributed by atoms with van der Waals surface area (Å²) in [6.07, 6.45) is 1.04. The van der Waals surface area contributed by atoms with E-state index in [0.29, 0.717) is 17.2 Å². The van der Waals surface area contributed by atoms with Crippen molar-refractivity contribution in [3.8, 4) is 17.7 Å². The van der Waals surface area contributed by atoms with Crippen molar-refractivity contribution in [3.05, 3.63) is 47.5 Å². The molecule has 0 aliphatic heterocycles. The molecule has 1 aromatic carbocycles. The molecule has 0 radical (unpaired) electrons. The first kappa shape index (κ1) is 13.9. The Morgan fingerprint density at radius 2 is 2.15 bits per heavy atom. The highest BCUT2D eigenvalue weighted by molar-refractivity contribution is 5.44. The van der Waals surface area contributed by atoms with Crippen molar-refractivity contribution in [2.24, 2.45) is 0 Å². The molecule has 1 heterocycles. The van der Waals surface area contributed by atoms with Crippen LogP contribution in [0.3, 0.4) is 0 Å². The topological polar surface area (TPSA) is 57.9 Å². The van der Waals surface area contributed by atoms with Crippen LogP contribution in [0.25, 0.3) is 0 Å². The Kier molecular flexibility index (Phi) is 4.56. The van der Waals surface area contributed by atoms with Crippen molar-refractivity contribution in [1.29, 1.82) is 5.26 Å². The number of nitrogens with one attached hydrogen (secondary N) is 1. The van der Waals surface area contributed by atoms with Crippen molar-refractivity contribution in [2.45, 2.75) is 20.3 Å².